The molecule has 2 aromatic rings. The molecule has 3 aliphatic carbocycles. The van der Waals surface area contributed by atoms with Crippen LogP contribution < -0.4 is 29.6 Å². The van der Waals surface area contributed by atoms with E-state index in [4.69, 9.17) is 9.47 Å². The molecular weight excluding hydrogens is 617 g/mol. The molecule has 9 nitrogen and oxygen atoms in total. The molecule has 0 saturated heterocycles. The van der Waals surface area contributed by atoms with Crippen molar-refractivity contribution in [3.63, 3.8) is 0 Å². The average Bonchev–Trinajstić information content (AvgIpc) is 3.29. The van der Waals surface area contributed by atoms with E-state index in [1.807, 2.05) is 0 Å². The minimum atomic E-state index is -4.59. The van der Waals surface area contributed by atoms with Crippen LogP contribution in [0.5, 0.6) is 23.0 Å². The van der Waals surface area contributed by atoms with Gasteiger partial charge in [0, 0.05) is 23.8 Å². The number of carbonyl (C=O) groups is 2. The summed E-state index contributed by atoms with van der Waals surface area (Å²) in [6, 6.07) is 4.39. The summed E-state index contributed by atoms with van der Waals surface area (Å²) in [5, 5.41) is 6.10. The maximum Gasteiger partial charge on any atom is 0.586 e. The van der Waals surface area contributed by atoms with E-state index in [1.54, 1.807) is 0 Å². The standard InChI is InChI=1S/C32H38F5N3O6/c33-31(34,35)22-12-25(18-38-17-22)44-19-28(41)39-23-9-7-5-3-1-2-4-6-8-21-14-30(15-21,16-23)40-29(42)20-43-24-10-11-26-27(13-24)46-32(36,37)45-26/h10-13,17-18,21,23H,1-9,14-16,19-20H2,(H,39,41)(H,40,42). The minimum absolute atomic E-state index is 0.133. The van der Waals surface area contributed by atoms with Gasteiger partial charge < -0.3 is 29.6 Å². The summed E-state index contributed by atoms with van der Waals surface area (Å²) in [7, 11) is 0. The number of pyridine rings is 1. The third-order valence-electron chi connectivity index (χ3n) is 8.58. The van der Waals surface area contributed by atoms with Gasteiger partial charge >= 0.3 is 12.5 Å². The molecule has 1 unspecified atom stereocenters. The number of halogens is 5. The molecule has 3 fully saturated rings. The number of hydrogen-bond acceptors (Lipinski definition) is 7. The predicted octanol–water partition coefficient (Wildman–Crippen LogP) is 6.54. The number of hydrogen-bond donors (Lipinski definition) is 2. The molecule has 1 aliphatic heterocycles. The maximum absolute atomic E-state index is 13.4. The van der Waals surface area contributed by atoms with Gasteiger partial charge in [0.15, 0.2) is 24.7 Å². The average molecular weight is 656 g/mol. The lowest BCUT2D eigenvalue weighted by Crippen LogP contribution is -2.61. The Bertz CT molecular complexity index is 1370. The first-order chi connectivity index (χ1) is 21.9. The fourth-order valence-electron chi connectivity index (χ4n) is 6.54. The number of amides is 2. The van der Waals surface area contributed by atoms with Crippen molar-refractivity contribution < 1.29 is 50.5 Å². The number of nitrogens with zero attached hydrogens (tertiary/aromatic N) is 1. The normalized spacial score (nSPS) is 24.5. The van der Waals surface area contributed by atoms with Crippen LogP contribution in [0, 0.1) is 5.92 Å². The monoisotopic (exact) mass is 655 g/mol. The first-order valence-electron chi connectivity index (χ1n) is 15.7. The van der Waals surface area contributed by atoms with Crippen LogP contribution in [0.25, 0.3) is 0 Å². The summed E-state index contributed by atoms with van der Waals surface area (Å²) in [5.74, 6) is -0.797. The Morgan fingerprint density at radius 3 is 2.22 bits per heavy atom. The third kappa shape index (κ3) is 9.35. The molecular formula is C32H38F5N3O6. The molecule has 1 aromatic carbocycles. The number of rotatable bonds is 8. The van der Waals surface area contributed by atoms with E-state index >= 15 is 0 Å². The molecule has 46 heavy (non-hydrogen) atoms. The summed E-state index contributed by atoms with van der Waals surface area (Å²) in [6.07, 6.45) is 4.65. The third-order valence-corrected chi connectivity index (χ3v) is 8.58. The summed E-state index contributed by atoms with van der Waals surface area (Å²) < 4.78 is 85.6. The van der Waals surface area contributed by atoms with Gasteiger partial charge in [0.05, 0.1) is 11.8 Å². The number of nitrogens with one attached hydrogen (secondary N) is 2. The highest BCUT2D eigenvalue weighted by molar-refractivity contribution is 5.79. The molecule has 2 heterocycles. The molecule has 4 aliphatic rings. The Morgan fingerprint density at radius 2 is 1.48 bits per heavy atom. The number of ether oxygens (including phenoxy) is 4. The molecule has 252 valence electrons. The molecule has 6 rings (SSSR count). The first-order valence-corrected chi connectivity index (χ1v) is 15.7. The van der Waals surface area contributed by atoms with Crippen molar-refractivity contribution in [2.24, 2.45) is 5.92 Å². The van der Waals surface area contributed by atoms with E-state index in [0.717, 1.165) is 63.6 Å². The Labute approximate surface area is 263 Å². The van der Waals surface area contributed by atoms with Crippen molar-refractivity contribution in [1.29, 1.82) is 0 Å². The fraction of sp³-hybridized carbons (Fsp3) is 0.594. The lowest BCUT2D eigenvalue weighted by atomic mass is 9.63. The Kier molecular flexibility index (Phi) is 10.4. The minimum Gasteiger partial charge on any atom is -0.484 e. The maximum atomic E-state index is 13.4. The summed E-state index contributed by atoms with van der Waals surface area (Å²) >= 11 is 0. The number of alkyl halides is 5. The van der Waals surface area contributed by atoms with Gasteiger partial charge in [0.2, 0.25) is 0 Å². The van der Waals surface area contributed by atoms with Crippen molar-refractivity contribution >= 4 is 11.8 Å². The van der Waals surface area contributed by atoms with Crippen molar-refractivity contribution in [3.05, 3.63) is 42.2 Å². The topological polar surface area (TPSA) is 108 Å². The highest BCUT2D eigenvalue weighted by Gasteiger charge is 2.46. The molecule has 1 atom stereocenters. The number of benzene rings is 1. The van der Waals surface area contributed by atoms with E-state index in [2.05, 4.69) is 25.1 Å². The van der Waals surface area contributed by atoms with Crippen molar-refractivity contribution in [3.8, 4) is 23.0 Å². The van der Waals surface area contributed by atoms with Gasteiger partial charge in [0.1, 0.15) is 11.5 Å². The van der Waals surface area contributed by atoms with Crippen molar-refractivity contribution in [2.75, 3.05) is 13.2 Å². The van der Waals surface area contributed by atoms with E-state index in [1.165, 1.54) is 31.0 Å². The van der Waals surface area contributed by atoms with Crippen LogP contribution in [0.4, 0.5) is 22.0 Å². The smallest absolute Gasteiger partial charge is 0.484 e. The second-order valence-corrected chi connectivity index (χ2v) is 12.4. The van der Waals surface area contributed by atoms with E-state index < -0.39 is 42.0 Å². The lowest BCUT2D eigenvalue weighted by Gasteiger charge is -2.50. The molecule has 0 spiro atoms. The van der Waals surface area contributed by atoms with Gasteiger partial charge in [-0.3, -0.25) is 14.6 Å². The van der Waals surface area contributed by atoms with Gasteiger partial charge in [-0.15, -0.1) is 8.78 Å². The number of aromatic nitrogens is 1. The van der Waals surface area contributed by atoms with Crippen LogP contribution in [-0.2, 0) is 15.8 Å². The molecule has 0 radical (unpaired) electrons. The summed E-state index contributed by atoms with van der Waals surface area (Å²) in [6.45, 7) is -0.852. The highest BCUT2D eigenvalue weighted by Crippen LogP contribution is 2.45. The predicted molar refractivity (Wildman–Crippen MR) is 155 cm³/mol. The zero-order chi connectivity index (χ0) is 32.8. The Morgan fingerprint density at radius 1 is 0.826 bits per heavy atom. The van der Waals surface area contributed by atoms with Crippen LogP contribution in [0.1, 0.15) is 82.6 Å². The van der Waals surface area contributed by atoms with Gasteiger partial charge in [-0.25, -0.2) is 0 Å². The zero-order valence-electron chi connectivity index (χ0n) is 25.3. The van der Waals surface area contributed by atoms with Gasteiger partial charge in [0.25, 0.3) is 11.8 Å². The van der Waals surface area contributed by atoms with E-state index in [9.17, 15) is 31.5 Å². The molecule has 3 saturated carbocycles. The number of fused-ring (bicyclic) bond motifs is 11. The first kappa shape index (κ1) is 33.5. The second-order valence-electron chi connectivity index (χ2n) is 12.4. The van der Waals surface area contributed by atoms with Gasteiger partial charge in [-0.05, 0) is 49.8 Å². The fourth-order valence-corrected chi connectivity index (χ4v) is 6.54. The highest BCUT2D eigenvalue weighted by atomic mass is 19.4. The largest absolute Gasteiger partial charge is 0.586 e. The van der Waals surface area contributed by atoms with E-state index in [0.29, 0.717) is 25.0 Å². The van der Waals surface area contributed by atoms with Crippen molar-refractivity contribution in [1.82, 2.24) is 15.6 Å². The van der Waals surface area contributed by atoms with Crippen LogP contribution in [0.3, 0.4) is 0 Å². The van der Waals surface area contributed by atoms with Crippen molar-refractivity contribution in [2.45, 2.75) is 101 Å². The molecule has 1 aromatic heterocycles. The summed E-state index contributed by atoms with van der Waals surface area (Å²) in [4.78, 5) is 29.6. The summed E-state index contributed by atoms with van der Waals surface area (Å²) in [5.41, 5.74) is -1.56. The Balaban J connectivity index is 1.20. The van der Waals surface area contributed by atoms with Crippen LogP contribution in [0.15, 0.2) is 36.7 Å². The van der Waals surface area contributed by atoms with Crippen LogP contribution in [0.2, 0.25) is 0 Å². The second kappa shape index (κ2) is 14.3. The van der Waals surface area contributed by atoms with E-state index in [-0.39, 0.29) is 35.6 Å². The number of carbonyl (C=O) groups excluding carboxylic acids is 2. The van der Waals surface area contributed by atoms with Crippen LogP contribution in [-0.4, -0.2) is 47.9 Å². The van der Waals surface area contributed by atoms with Crippen LogP contribution >= 0.6 is 0 Å². The van der Waals surface area contributed by atoms with Gasteiger partial charge in [-0.1, -0.05) is 51.4 Å². The lowest BCUT2D eigenvalue weighted by molar-refractivity contribution is -0.286. The zero-order valence-corrected chi connectivity index (χ0v) is 25.3. The molecule has 14 heteroatoms. The molecule has 2 bridgehead atoms. The quantitative estimate of drug-likeness (QED) is 0.311. The van der Waals surface area contributed by atoms with Gasteiger partial charge in [-0.2, -0.15) is 13.2 Å². The molecule has 2 N–H and O–H groups in total. The Hall–Kier alpha value is -3.84. The molecule has 2 amide bonds. The SMILES string of the molecule is O=C(COc1cncc(C(F)(F)F)c1)NC1CCCCCCCCCC2CC(NC(=O)COc3ccc4c(c3)OC(F)(F)O4)(C2)C1.